The molecular weight excluding hydrogens is 368 g/mol. The van der Waals surface area contributed by atoms with Crippen LogP contribution in [0.15, 0.2) is 30.3 Å². The van der Waals surface area contributed by atoms with Crippen molar-refractivity contribution in [1.82, 2.24) is 9.80 Å². The second kappa shape index (κ2) is 10.6. The van der Waals surface area contributed by atoms with E-state index < -0.39 is 0 Å². The third-order valence-electron chi connectivity index (χ3n) is 6.10. The Morgan fingerprint density at radius 2 is 1.66 bits per heavy atom. The molecule has 0 N–H and O–H groups in total. The zero-order valence-corrected chi connectivity index (χ0v) is 17.6. The molecule has 2 saturated heterocycles. The number of hydrogen-bond donors (Lipinski definition) is 0. The van der Waals surface area contributed by atoms with E-state index in [1.807, 2.05) is 40.1 Å². The molecular formula is C23H34N2O4. The van der Waals surface area contributed by atoms with E-state index in [4.69, 9.17) is 9.47 Å². The van der Waals surface area contributed by atoms with E-state index in [-0.39, 0.29) is 17.2 Å². The molecule has 0 spiro atoms. The lowest BCUT2D eigenvalue weighted by molar-refractivity contribution is -0.141. The largest absolute Gasteiger partial charge is 0.493 e. The summed E-state index contributed by atoms with van der Waals surface area (Å²) in [7, 11) is 0. The number of amides is 2. The summed E-state index contributed by atoms with van der Waals surface area (Å²) in [4.78, 5) is 29.3. The second-order valence-corrected chi connectivity index (χ2v) is 8.26. The monoisotopic (exact) mass is 402 g/mol. The number of unbranched alkanes of at least 4 members (excludes halogenated alkanes) is 1. The van der Waals surface area contributed by atoms with E-state index in [0.29, 0.717) is 58.8 Å². The zero-order chi connectivity index (χ0) is 20.5. The standard InChI is InChI=1S/C23H34N2O4/c1-2-3-9-21(26)24-12-10-23(11-13-24,19-29-20-7-5-4-6-8-20)18-22(27)25-14-16-28-17-15-25/h4-8H,2-3,9-19H2,1H3. The fraction of sp³-hybridized carbons (Fsp3) is 0.652. The van der Waals surface area contributed by atoms with Gasteiger partial charge in [0.25, 0.3) is 0 Å². The first-order valence-corrected chi connectivity index (χ1v) is 10.9. The molecule has 1 aromatic carbocycles. The summed E-state index contributed by atoms with van der Waals surface area (Å²) in [5.41, 5.74) is -0.229. The highest BCUT2D eigenvalue weighted by Crippen LogP contribution is 2.37. The molecule has 0 aliphatic carbocycles. The summed E-state index contributed by atoms with van der Waals surface area (Å²) in [5, 5.41) is 0. The summed E-state index contributed by atoms with van der Waals surface area (Å²) >= 11 is 0. The summed E-state index contributed by atoms with van der Waals surface area (Å²) in [5.74, 6) is 1.24. The van der Waals surface area contributed by atoms with Crippen LogP contribution >= 0.6 is 0 Å². The van der Waals surface area contributed by atoms with Gasteiger partial charge in [-0.15, -0.1) is 0 Å². The highest BCUT2D eigenvalue weighted by Gasteiger charge is 2.39. The van der Waals surface area contributed by atoms with Crippen molar-refractivity contribution >= 4 is 11.8 Å². The Morgan fingerprint density at radius 3 is 2.31 bits per heavy atom. The SMILES string of the molecule is CCCCC(=O)N1CCC(COc2ccccc2)(CC(=O)N2CCOCC2)CC1. The molecule has 0 saturated carbocycles. The van der Waals surface area contributed by atoms with E-state index in [1.165, 1.54) is 0 Å². The maximum Gasteiger partial charge on any atom is 0.223 e. The number of benzene rings is 1. The minimum atomic E-state index is -0.229. The van der Waals surface area contributed by atoms with Gasteiger partial charge < -0.3 is 19.3 Å². The molecule has 6 heteroatoms. The molecule has 0 unspecified atom stereocenters. The summed E-state index contributed by atoms with van der Waals surface area (Å²) in [6, 6.07) is 9.76. The van der Waals surface area contributed by atoms with Crippen molar-refractivity contribution in [1.29, 1.82) is 0 Å². The second-order valence-electron chi connectivity index (χ2n) is 8.26. The molecule has 0 bridgehead atoms. The molecule has 160 valence electrons. The number of nitrogens with zero attached hydrogens (tertiary/aromatic N) is 2. The fourth-order valence-corrected chi connectivity index (χ4v) is 4.09. The Bertz CT molecular complexity index is 650. The summed E-state index contributed by atoms with van der Waals surface area (Å²) < 4.78 is 11.5. The van der Waals surface area contributed by atoms with Crippen molar-refractivity contribution in [3.8, 4) is 5.75 Å². The Balaban J connectivity index is 1.63. The molecule has 3 rings (SSSR count). The molecule has 2 heterocycles. The van der Waals surface area contributed by atoms with E-state index >= 15 is 0 Å². The molecule has 2 fully saturated rings. The van der Waals surface area contributed by atoms with Gasteiger partial charge in [-0.3, -0.25) is 9.59 Å². The summed E-state index contributed by atoms with van der Waals surface area (Å²) in [6.07, 6.45) is 4.66. The van der Waals surface area contributed by atoms with E-state index in [0.717, 1.165) is 31.4 Å². The minimum absolute atomic E-state index is 0.177. The highest BCUT2D eigenvalue weighted by atomic mass is 16.5. The van der Waals surface area contributed by atoms with E-state index in [1.54, 1.807) is 0 Å². The van der Waals surface area contributed by atoms with Crippen molar-refractivity contribution in [3.05, 3.63) is 30.3 Å². The number of piperidine rings is 1. The van der Waals surface area contributed by atoms with E-state index in [2.05, 4.69) is 6.92 Å². The average molecular weight is 403 g/mol. The van der Waals surface area contributed by atoms with Crippen LogP contribution in [0.2, 0.25) is 0 Å². The normalized spacial score (nSPS) is 19.1. The molecule has 1 aromatic rings. The van der Waals surface area contributed by atoms with Gasteiger partial charge in [0, 0.05) is 44.4 Å². The lowest BCUT2D eigenvalue weighted by Gasteiger charge is -2.42. The molecule has 29 heavy (non-hydrogen) atoms. The predicted octanol–water partition coefficient (Wildman–Crippen LogP) is 3.11. The van der Waals surface area contributed by atoms with Gasteiger partial charge in [-0.1, -0.05) is 31.5 Å². The first kappa shape index (κ1) is 21.6. The molecule has 2 amide bonds. The molecule has 2 aliphatic rings. The van der Waals surface area contributed by atoms with Gasteiger partial charge in [0.2, 0.25) is 11.8 Å². The summed E-state index contributed by atoms with van der Waals surface area (Å²) in [6.45, 7) is 6.56. The number of carbonyl (C=O) groups is 2. The van der Waals surface area contributed by atoms with Gasteiger partial charge in [-0.2, -0.15) is 0 Å². The van der Waals surface area contributed by atoms with Crippen LogP contribution in [0, 0.1) is 5.41 Å². The predicted molar refractivity (Wildman–Crippen MR) is 112 cm³/mol. The third-order valence-corrected chi connectivity index (χ3v) is 6.10. The Morgan fingerprint density at radius 1 is 1.00 bits per heavy atom. The minimum Gasteiger partial charge on any atom is -0.493 e. The van der Waals surface area contributed by atoms with Gasteiger partial charge in [-0.05, 0) is 31.4 Å². The Hall–Kier alpha value is -2.08. The average Bonchev–Trinajstić information content (AvgIpc) is 2.78. The number of carbonyl (C=O) groups excluding carboxylic acids is 2. The smallest absolute Gasteiger partial charge is 0.223 e. The van der Waals surface area contributed by atoms with Crippen LogP contribution < -0.4 is 4.74 Å². The molecule has 0 atom stereocenters. The molecule has 6 nitrogen and oxygen atoms in total. The van der Waals surface area contributed by atoms with Gasteiger partial charge in [0.1, 0.15) is 5.75 Å². The van der Waals surface area contributed by atoms with Crippen molar-refractivity contribution < 1.29 is 19.1 Å². The maximum atomic E-state index is 13.0. The fourth-order valence-electron chi connectivity index (χ4n) is 4.09. The number of para-hydroxylation sites is 1. The van der Waals surface area contributed by atoms with Crippen molar-refractivity contribution in [2.24, 2.45) is 5.41 Å². The van der Waals surface area contributed by atoms with Crippen LogP contribution in [0.3, 0.4) is 0 Å². The first-order valence-electron chi connectivity index (χ1n) is 10.9. The van der Waals surface area contributed by atoms with Crippen LogP contribution in [-0.2, 0) is 14.3 Å². The van der Waals surface area contributed by atoms with Crippen molar-refractivity contribution in [2.75, 3.05) is 46.0 Å². The molecule has 0 radical (unpaired) electrons. The number of hydrogen-bond acceptors (Lipinski definition) is 4. The van der Waals surface area contributed by atoms with Gasteiger partial charge in [-0.25, -0.2) is 0 Å². The zero-order valence-electron chi connectivity index (χ0n) is 17.6. The lowest BCUT2D eigenvalue weighted by Crippen LogP contribution is -2.49. The number of likely N-dealkylation sites (tertiary alicyclic amines) is 1. The van der Waals surface area contributed by atoms with Crippen LogP contribution in [0.5, 0.6) is 5.75 Å². The molecule has 0 aromatic heterocycles. The number of ether oxygens (including phenoxy) is 2. The third kappa shape index (κ3) is 6.20. The van der Waals surface area contributed by atoms with Gasteiger partial charge in [0.05, 0.1) is 19.8 Å². The highest BCUT2D eigenvalue weighted by molar-refractivity contribution is 5.78. The first-order chi connectivity index (χ1) is 14.1. The maximum absolute atomic E-state index is 13.0. The number of rotatable bonds is 8. The van der Waals surface area contributed by atoms with Crippen molar-refractivity contribution in [3.63, 3.8) is 0 Å². The van der Waals surface area contributed by atoms with Crippen LogP contribution in [-0.4, -0.2) is 67.6 Å². The van der Waals surface area contributed by atoms with Crippen LogP contribution in [0.4, 0.5) is 0 Å². The van der Waals surface area contributed by atoms with Gasteiger partial charge >= 0.3 is 0 Å². The Labute approximate surface area is 174 Å². The Kier molecular flexibility index (Phi) is 7.92. The quantitative estimate of drug-likeness (QED) is 0.670. The molecule has 2 aliphatic heterocycles. The van der Waals surface area contributed by atoms with Gasteiger partial charge in [0.15, 0.2) is 0 Å². The lowest BCUT2D eigenvalue weighted by atomic mass is 9.75. The number of morpholine rings is 1. The van der Waals surface area contributed by atoms with Crippen molar-refractivity contribution in [2.45, 2.75) is 45.4 Å². The van der Waals surface area contributed by atoms with E-state index in [9.17, 15) is 9.59 Å². The topological polar surface area (TPSA) is 59.1 Å². The van der Waals surface area contributed by atoms with Crippen LogP contribution in [0.25, 0.3) is 0 Å². The van der Waals surface area contributed by atoms with Crippen LogP contribution in [0.1, 0.15) is 45.4 Å².